The van der Waals surface area contributed by atoms with Gasteiger partial charge in [-0.1, -0.05) is 13.8 Å². The summed E-state index contributed by atoms with van der Waals surface area (Å²) in [7, 11) is 0. The highest BCUT2D eigenvalue weighted by molar-refractivity contribution is 6.29. The highest BCUT2D eigenvalue weighted by Gasteiger charge is 2.07. The second-order valence-electron chi connectivity index (χ2n) is 5.99. The first kappa shape index (κ1) is 21.5. The van der Waals surface area contributed by atoms with Gasteiger partial charge >= 0.3 is 0 Å². The van der Waals surface area contributed by atoms with Crippen LogP contribution in [0.3, 0.4) is 0 Å². The van der Waals surface area contributed by atoms with Crippen molar-refractivity contribution in [2.24, 2.45) is 10.2 Å². The highest BCUT2D eigenvalue weighted by atomic mass is 35.5. The number of halogens is 1. The number of hydrogen-bond donors (Lipinski definition) is 2. The molecule has 2 rings (SSSR count). The summed E-state index contributed by atoms with van der Waals surface area (Å²) in [6.07, 6.45) is 0. The lowest BCUT2D eigenvalue weighted by Crippen LogP contribution is -2.32. The zero-order chi connectivity index (χ0) is 20.4. The summed E-state index contributed by atoms with van der Waals surface area (Å²) in [4.78, 5) is 25.3. The van der Waals surface area contributed by atoms with Gasteiger partial charge in [-0.15, -0.1) is 11.6 Å². The van der Waals surface area contributed by atoms with E-state index in [1.165, 1.54) is 0 Å². The first-order valence-electron chi connectivity index (χ1n) is 9.04. The van der Waals surface area contributed by atoms with Gasteiger partial charge < -0.3 is 10.6 Å². The summed E-state index contributed by atoms with van der Waals surface area (Å²) < 4.78 is 0. The van der Waals surface area contributed by atoms with Gasteiger partial charge in [0.1, 0.15) is 5.88 Å². The molecule has 2 aromatic carbocycles. The second kappa shape index (κ2) is 11.2. The molecule has 0 aliphatic rings. The first-order chi connectivity index (χ1) is 13.5. The van der Waals surface area contributed by atoms with Crippen LogP contribution in [0.5, 0.6) is 0 Å². The van der Waals surface area contributed by atoms with Crippen molar-refractivity contribution in [2.45, 2.75) is 13.8 Å². The monoisotopic (exact) mass is 401 g/mol. The van der Waals surface area contributed by atoms with E-state index in [4.69, 9.17) is 11.6 Å². The van der Waals surface area contributed by atoms with Gasteiger partial charge in [0, 0.05) is 11.4 Å². The third-order valence-electron chi connectivity index (χ3n) is 3.97. The van der Waals surface area contributed by atoms with E-state index in [0.717, 1.165) is 18.8 Å². The van der Waals surface area contributed by atoms with Crippen molar-refractivity contribution in [2.75, 3.05) is 36.1 Å². The van der Waals surface area contributed by atoms with Gasteiger partial charge in [0.2, 0.25) is 11.8 Å². The molecule has 8 heteroatoms. The number of carbonyl (C=O) groups is 2. The van der Waals surface area contributed by atoms with E-state index >= 15 is 0 Å². The Morgan fingerprint density at radius 3 is 1.64 bits per heavy atom. The predicted molar refractivity (Wildman–Crippen MR) is 113 cm³/mol. The molecule has 0 saturated carbocycles. The van der Waals surface area contributed by atoms with Gasteiger partial charge in [0.25, 0.3) is 0 Å². The summed E-state index contributed by atoms with van der Waals surface area (Å²) in [6.45, 7) is 6.10. The topological polar surface area (TPSA) is 86.2 Å². The minimum absolute atomic E-state index is 0.0422. The third kappa shape index (κ3) is 7.09. The Kier molecular flexibility index (Phi) is 8.58. The minimum Gasteiger partial charge on any atom is -0.325 e. The van der Waals surface area contributed by atoms with Gasteiger partial charge in [0.15, 0.2) is 0 Å². The third-order valence-corrected chi connectivity index (χ3v) is 4.21. The number of nitrogens with one attached hydrogen (secondary N) is 2. The molecule has 2 N–H and O–H groups in total. The normalized spacial score (nSPS) is 11.0. The van der Waals surface area contributed by atoms with E-state index in [2.05, 4.69) is 20.9 Å². The van der Waals surface area contributed by atoms with Crippen LogP contribution in [0.25, 0.3) is 0 Å². The Balaban J connectivity index is 1.91. The number of carbonyl (C=O) groups excluding carboxylic acids is 2. The van der Waals surface area contributed by atoms with Crippen LogP contribution in [0.1, 0.15) is 13.8 Å². The van der Waals surface area contributed by atoms with Gasteiger partial charge in [0.05, 0.1) is 17.9 Å². The van der Waals surface area contributed by atoms with E-state index in [1.54, 1.807) is 48.5 Å². The maximum absolute atomic E-state index is 12.0. The smallest absolute Gasteiger partial charge is 0.239 e. The van der Waals surface area contributed by atoms with Gasteiger partial charge in [-0.3, -0.25) is 14.5 Å². The predicted octanol–water partition coefficient (Wildman–Crippen LogP) is 4.56. The average Bonchev–Trinajstić information content (AvgIpc) is 2.72. The molecule has 2 aromatic rings. The van der Waals surface area contributed by atoms with Crippen LogP contribution in [-0.2, 0) is 9.59 Å². The largest absolute Gasteiger partial charge is 0.325 e. The first-order valence-corrected chi connectivity index (χ1v) is 9.57. The number of rotatable bonds is 9. The number of anilines is 2. The van der Waals surface area contributed by atoms with Crippen molar-refractivity contribution in [3.05, 3.63) is 48.5 Å². The molecule has 0 unspecified atom stereocenters. The lowest BCUT2D eigenvalue weighted by molar-refractivity contribution is -0.117. The molecule has 0 bridgehead atoms. The van der Waals surface area contributed by atoms with Crippen LogP contribution >= 0.6 is 11.6 Å². The fraction of sp³-hybridized carbons (Fsp3) is 0.300. The second-order valence-corrected chi connectivity index (χ2v) is 6.25. The van der Waals surface area contributed by atoms with Crippen LogP contribution < -0.4 is 10.6 Å². The zero-order valence-corrected chi connectivity index (χ0v) is 16.7. The zero-order valence-electron chi connectivity index (χ0n) is 16.0. The lowest BCUT2D eigenvalue weighted by atomic mass is 10.3. The number of azo groups is 1. The molecule has 0 aliphatic carbocycles. The molecule has 0 spiro atoms. The molecular weight excluding hydrogens is 378 g/mol. The average molecular weight is 402 g/mol. The summed E-state index contributed by atoms with van der Waals surface area (Å²) in [5, 5.41) is 13.9. The molecule has 0 radical (unpaired) electrons. The maximum atomic E-state index is 12.0. The fourth-order valence-electron chi connectivity index (χ4n) is 2.38. The van der Waals surface area contributed by atoms with Crippen molar-refractivity contribution in [1.29, 1.82) is 0 Å². The molecule has 7 nitrogen and oxygen atoms in total. The van der Waals surface area contributed by atoms with Crippen LogP contribution in [0.4, 0.5) is 22.7 Å². The Hall–Kier alpha value is -2.77. The van der Waals surface area contributed by atoms with Crippen LogP contribution in [0.2, 0.25) is 0 Å². The fourth-order valence-corrected chi connectivity index (χ4v) is 2.45. The van der Waals surface area contributed by atoms with Gasteiger partial charge in [-0.05, 0) is 61.6 Å². The molecule has 0 aromatic heterocycles. The van der Waals surface area contributed by atoms with E-state index in [9.17, 15) is 9.59 Å². The quantitative estimate of drug-likeness (QED) is 0.477. The van der Waals surface area contributed by atoms with E-state index < -0.39 is 0 Å². The molecule has 0 heterocycles. The molecule has 28 heavy (non-hydrogen) atoms. The minimum atomic E-state index is -0.264. The summed E-state index contributed by atoms with van der Waals surface area (Å²) >= 11 is 5.45. The van der Waals surface area contributed by atoms with Crippen LogP contribution in [0.15, 0.2) is 58.8 Å². The maximum Gasteiger partial charge on any atom is 0.239 e. The van der Waals surface area contributed by atoms with Crippen molar-refractivity contribution in [1.82, 2.24) is 4.90 Å². The van der Waals surface area contributed by atoms with E-state index in [1.807, 2.05) is 18.7 Å². The van der Waals surface area contributed by atoms with Gasteiger partial charge in [-0.25, -0.2) is 0 Å². The molecule has 0 saturated heterocycles. The Bertz CT molecular complexity index is 802. The molecule has 2 amide bonds. The van der Waals surface area contributed by atoms with Crippen molar-refractivity contribution >= 4 is 46.2 Å². The summed E-state index contributed by atoms with van der Waals surface area (Å²) in [5.41, 5.74) is 2.69. The molecule has 0 atom stereocenters. The number of alkyl halides is 1. The number of benzene rings is 2. The Labute approximate surface area is 169 Å². The summed E-state index contributed by atoms with van der Waals surface area (Å²) in [6, 6.07) is 14.1. The van der Waals surface area contributed by atoms with Crippen LogP contribution in [0, 0.1) is 0 Å². The molecular formula is C20H24ClN5O2. The number of hydrogen-bond acceptors (Lipinski definition) is 5. The standard InChI is InChI=1S/C20H24ClN5O2/c1-3-26(4-2)14-20(28)23-16-7-11-18(12-8-16)25-24-17-9-5-15(6-10-17)22-19(27)13-21/h5-12H,3-4,13-14H2,1-2H3,(H,22,27)(H,23,28). The van der Waals surface area contributed by atoms with Crippen LogP contribution in [-0.4, -0.2) is 42.2 Å². The van der Waals surface area contributed by atoms with Crippen molar-refractivity contribution in [3.63, 3.8) is 0 Å². The van der Waals surface area contributed by atoms with Crippen molar-refractivity contribution in [3.8, 4) is 0 Å². The molecule has 148 valence electrons. The van der Waals surface area contributed by atoms with Crippen molar-refractivity contribution < 1.29 is 9.59 Å². The van der Waals surface area contributed by atoms with E-state index in [0.29, 0.717) is 23.6 Å². The Morgan fingerprint density at radius 1 is 0.821 bits per heavy atom. The summed E-state index contributed by atoms with van der Waals surface area (Å²) in [5.74, 6) is -0.396. The molecule has 0 fully saturated rings. The number of amides is 2. The van der Waals surface area contributed by atoms with Gasteiger partial charge in [-0.2, -0.15) is 10.2 Å². The number of nitrogens with zero attached hydrogens (tertiary/aromatic N) is 3. The molecule has 0 aliphatic heterocycles. The SMILES string of the molecule is CCN(CC)CC(=O)Nc1ccc(N=Nc2ccc(NC(=O)CCl)cc2)cc1. The number of likely N-dealkylation sites (N-methyl/N-ethyl adjacent to an activating group) is 1. The highest BCUT2D eigenvalue weighted by Crippen LogP contribution is 2.21. The van der Waals surface area contributed by atoms with E-state index in [-0.39, 0.29) is 17.7 Å². The Morgan fingerprint density at radius 2 is 1.25 bits per heavy atom. The lowest BCUT2D eigenvalue weighted by Gasteiger charge is -2.17.